The SMILES string of the molecule is CC(=O)c1nc(C(C)(C)[NH-])n(C)c(=O)c1O.[W]. The van der Waals surface area contributed by atoms with Gasteiger partial charge in [0.25, 0.3) is 5.56 Å². The van der Waals surface area contributed by atoms with E-state index in [0.29, 0.717) is 0 Å². The van der Waals surface area contributed by atoms with E-state index in [9.17, 15) is 14.7 Å². The normalized spacial score (nSPS) is 10.9. The fraction of sp³-hybridized carbons (Fsp3) is 0.500. The van der Waals surface area contributed by atoms with Crippen LogP contribution < -0.4 is 5.56 Å². The van der Waals surface area contributed by atoms with Gasteiger partial charge in [-0.05, 0) is 0 Å². The first-order valence-electron chi connectivity index (χ1n) is 4.72. The number of carbonyl (C=O) groups excluding carboxylic acids is 1. The van der Waals surface area contributed by atoms with Crippen LogP contribution in [-0.2, 0) is 33.7 Å². The number of aromatic hydroxyl groups is 1. The number of carbonyl (C=O) groups is 1. The number of ketones is 1. The molecular weight excluding hydrogens is 394 g/mol. The van der Waals surface area contributed by atoms with E-state index in [2.05, 4.69) is 4.98 Å². The molecule has 2 N–H and O–H groups in total. The van der Waals surface area contributed by atoms with Crippen LogP contribution in [0.4, 0.5) is 0 Å². The van der Waals surface area contributed by atoms with Crippen LogP contribution in [0.15, 0.2) is 4.79 Å². The third kappa shape index (κ3) is 3.01. The zero-order valence-electron chi connectivity index (χ0n) is 10.1. The van der Waals surface area contributed by atoms with Crippen molar-refractivity contribution in [1.29, 1.82) is 0 Å². The number of aromatic nitrogens is 2. The van der Waals surface area contributed by atoms with Crippen molar-refractivity contribution >= 4 is 5.78 Å². The standard InChI is InChI=1S/C10H14N3O3.W/c1-5(14)6-7(15)8(16)13(4)9(12-6)10(2,3)11;/h11,15H,1-4H3;/q-1;. The van der Waals surface area contributed by atoms with Crippen LogP contribution in [0.5, 0.6) is 5.75 Å². The quantitative estimate of drug-likeness (QED) is 0.738. The maximum Gasteiger partial charge on any atom is 0.296 e. The number of rotatable bonds is 2. The first-order valence-corrected chi connectivity index (χ1v) is 4.72. The van der Waals surface area contributed by atoms with Crippen molar-refractivity contribution in [2.24, 2.45) is 7.05 Å². The van der Waals surface area contributed by atoms with E-state index in [1.165, 1.54) is 14.0 Å². The van der Waals surface area contributed by atoms with Gasteiger partial charge in [0.05, 0.1) is 5.82 Å². The number of hydrogen-bond donors (Lipinski definition) is 1. The summed E-state index contributed by atoms with van der Waals surface area (Å²) in [5.74, 6) is -1.02. The van der Waals surface area contributed by atoms with Gasteiger partial charge in [0.2, 0.25) is 5.75 Å². The van der Waals surface area contributed by atoms with E-state index >= 15 is 0 Å². The molecule has 1 rings (SSSR count). The van der Waals surface area contributed by atoms with E-state index in [1.807, 2.05) is 0 Å². The first kappa shape index (κ1) is 16.0. The molecule has 0 fully saturated rings. The van der Waals surface area contributed by atoms with Gasteiger partial charge in [-0.15, -0.1) is 0 Å². The molecular formula is C10H14N3O3W-. The molecule has 0 spiro atoms. The first-order chi connectivity index (χ1) is 7.16. The Hall–Kier alpha value is -1.00. The van der Waals surface area contributed by atoms with Crippen LogP contribution in [-0.4, -0.2) is 20.4 Å². The van der Waals surface area contributed by atoms with Gasteiger partial charge < -0.3 is 10.8 Å². The summed E-state index contributed by atoms with van der Waals surface area (Å²) in [7, 11) is 1.41. The van der Waals surface area contributed by atoms with Gasteiger partial charge in [-0.3, -0.25) is 14.2 Å². The molecule has 7 heteroatoms. The second-order valence-corrected chi connectivity index (χ2v) is 4.18. The van der Waals surface area contributed by atoms with Gasteiger partial charge in [-0.2, -0.15) is 0 Å². The largest absolute Gasteiger partial charge is 0.666 e. The number of nitrogens with one attached hydrogen (secondary N) is 1. The molecule has 1 aromatic heterocycles. The van der Waals surface area contributed by atoms with E-state index < -0.39 is 22.6 Å². The van der Waals surface area contributed by atoms with Crippen molar-refractivity contribution in [3.63, 3.8) is 0 Å². The maximum atomic E-state index is 11.6. The smallest absolute Gasteiger partial charge is 0.296 e. The zero-order chi connectivity index (χ0) is 12.7. The Labute approximate surface area is 113 Å². The number of hydrogen-bond acceptors (Lipinski definition) is 4. The van der Waals surface area contributed by atoms with Crippen molar-refractivity contribution in [1.82, 2.24) is 9.55 Å². The Balaban J connectivity index is 0.00000256. The second kappa shape index (κ2) is 5.10. The summed E-state index contributed by atoms with van der Waals surface area (Å²) >= 11 is 0. The molecule has 0 bridgehead atoms. The van der Waals surface area contributed by atoms with E-state index in [0.717, 1.165) is 4.57 Å². The average molecular weight is 408 g/mol. The predicted octanol–water partition coefficient (Wildman–Crippen LogP) is 0.973. The van der Waals surface area contributed by atoms with E-state index in [4.69, 9.17) is 5.73 Å². The molecule has 0 aliphatic rings. The van der Waals surface area contributed by atoms with Crippen LogP contribution in [0.1, 0.15) is 37.1 Å². The Morgan fingerprint density at radius 2 is 1.94 bits per heavy atom. The summed E-state index contributed by atoms with van der Waals surface area (Å²) in [5.41, 5.74) is 5.69. The summed E-state index contributed by atoms with van der Waals surface area (Å²) < 4.78 is 1.08. The Bertz CT molecular complexity index is 503. The second-order valence-electron chi connectivity index (χ2n) is 4.18. The Kier molecular flexibility index (Phi) is 4.80. The minimum absolute atomic E-state index is 0. The van der Waals surface area contributed by atoms with Crippen LogP contribution in [0.2, 0.25) is 0 Å². The monoisotopic (exact) mass is 408 g/mol. The van der Waals surface area contributed by atoms with Crippen molar-refractivity contribution in [3.05, 3.63) is 27.6 Å². The molecule has 0 saturated carbocycles. The minimum atomic E-state index is -1.12. The Morgan fingerprint density at radius 3 is 2.29 bits per heavy atom. The molecule has 0 radical (unpaired) electrons. The van der Waals surface area contributed by atoms with Crippen molar-refractivity contribution in [2.45, 2.75) is 26.3 Å². The van der Waals surface area contributed by atoms with Crippen LogP contribution in [0, 0.1) is 0 Å². The predicted molar refractivity (Wildman–Crippen MR) is 58.5 cm³/mol. The molecule has 94 valence electrons. The molecule has 0 unspecified atom stereocenters. The molecule has 1 heterocycles. The topological polar surface area (TPSA) is 96.0 Å². The van der Waals surface area contributed by atoms with Crippen LogP contribution in [0.25, 0.3) is 5.73 Å². The maximum absolute atomic E-state index is 11.6. The molecule has 0 aromatic carbocycles. The molecule has 6 nitrogen and oxygen atoms in total. The van der Waals surface area contributed by atoms with Gasteiger partial charge in [-0.25, -0.2) is 4.98 Å². The van der Waals surface area contributed by atoms with Crippen molar-refractivity contribution in [2.75, 3.05) is 0 Å². The van der Waals surface area contributed by atoms with Gasteiger partial charge >= 0.3 is 0 Å². The Morgan fingerprint density at radius 1 is 1.47 bits per heavy atom. The third-order valence-electron chi connectivity index (χ3n) is 2.16. The van der Waals surface area contributed by atoms with Crippen LogP contribution in [0.3, 0.4) is 0 Å². The number of Topliss-reactive ketones (excluding diaryl/α,β-unsaturated/α-hetero) is 1. The van der Waals surface area contributed by atoms with Crippen LogP contribution >= 0.6 is 0 Å². The molecule has 0 amide bonds. The summed E-state index contributed by atoms with van der Waals surface area (Å²) in [6.07, 6.45) is 0. The molecule has 0 aliphatic carbocycles. The van der Waals surface area contributed by atoms with E-state index in [-0.39, 0.29) is 32.6 Å². The minimum Gasteiger partial charge on any atom is -0.666 e. The third-order valence-corrected chi connectivity index (χ3v) is 2.16. The molecule has 0 aliphatic heterocycles. The summed E-state index contributed by atoms with van der Waals surface area (Å²) in [4.78, 5) is 26.7. The summed E-state index contributed by atoms with van der Waals surface area (Å²) in [6, 6.07) is 0. The number of nitrogens with zero attached hydrogens (tertiary/aromatic N) is 2. The van der Waals surface area contributed by atoms with Gasteiger partial charge in [0.1, 0.15) is 0 Å². The van der Waals surface area contributed by atoms with E-state index in [1.54, 1.807) is 13.8 Å². The summed E-state index contributed by atoms with van der Waals surface area (Å²) in [6.45, 7) is 4.31. The fourth-order valence-corrected chi connectivity index (χ4v) is 1.39. The fourth-order valence-electron chi connectivity index (χ4n) is 1.39. The molecule has 17 heavy (non-hydrogen) atoms. The average Bonchev–Trinajstić information content (AvgIpc) is 2.11. The van der Waals surface area contributed by atoms with Crippen molar-refractivity contribution in [3.8, 4) is 5.75 Å². The van der Waals surface area contributed by atoms with Gasteiger partial charge in [0.15, 0.2) is 11.5 Å². The van der Waals surface area contributed by atoms with Gasteiger partial charge in [-0.1, -0.05) is 19.4 Å². The molecule has 0 atom stereocenters. The molecule has 1 aromatic rings. The molecule has 0 saturated heterocycles. The summed E-state index contributed by atoms with van der Waals surface area (Å²) in [5, 5.41) is 9.46. The van der Waals surface area contributed by atoms with Crippen molar-refractivity contribution < 1.29 is 31.0 Å². The van der Waals surface area contributed by atoms with Gasteiger partial charge in [0, 0.05) is 35.0 Å². The zero-order valence-corrected chi connectivity index (χ0v) is 13.0.